The monoisotopic (exact) mass is 173 g/mol. The topological polar surface area (TPSA) is 78.1 Å². The summed E-state index contributed by atoms with van der Waals surface area (Å²) < 4.78 is 0. The van der Waals surface area contributed by atoms with Gasteiger partial charge in [0.2, 0.25) is 0 Å². The Bertz CT molecular complexity index is 85.8. The van der Waals surface area contributed by atoms with Crippen molar-refractivity contribution in [2.75, 3.05) is 19.6 Å². The lowest BCUT2D eigenvalue weighted by molar-refractivity contribution is 0.431. The van der Waals surface area contributed by atoms with Crippen LogP contribution in [0.25, 0.3) is 0 Å². The average Bonchev–Trinajstić information content (AvgIpc) is 2.11. The molecule has 0 aromatic heterocycles. The first-order valence-electron chi connectivity index (χ1n) is 4.95. The molecule has 6 N–H and O–H groups in total. The number of rotatable bonds is 8. The van der Waals surface area contributed by atoms with Gasteiger partial charge in [-0.15, -0.1) is 0 Å². The van der Waals surface area contributed by atoms with Gasteiger partial charge in [0.15, 0.2) is 0 Å². The van der Waals surface area contributed by atoms with Crippen molar-refractivity contribution in [2.24, 2.45) is 23.1 Å². The number of hydrogen-bond donors (Lipinski definition) is 3. The highest BCUT2D eigenvalue weighted by Gasteiger charge is 2.04. The third-order valence-electron chi connectivity index (χ3n) is 2.22. The minimum atomic E-state index is 0.667. The molecular weight excluding hydrogens is 150 g/mol. The third kappa shape index (κ3) is 6.58. The summed E-state index contributed by atoms with van der Waals surface area (Å²) >= 11 is 0. The van der Waals surface area contributed by atoms with E-state index in [4.69, 9.17) is 17.2 Å². The molecule has 0 aliphatic rings. The highest BCUT2D eigenvalue weighted by molar-refractivity contribution is 4.60. The van der Waals surface area contributed by atoms with Crippen LogP contribution >= 0.6 is 0 Å². The zero-order valence-electron chi connectivity index (χ0n) is 7.97. The fourth-order valence-electron chi connectivity index (χ4n) is 1.36. The molecular formula is C9H23N3. The lowest BCUT2D eigenvalue weighted by Gasteiger charge is -2.13. The molecule has 0 aromatic carbocycles. The van der Waals surface area contributed by atoms with Crippen LogP contribution in [0, 0.1) is 5.92 Å². The predicted molar refractivity (Wildman–Crippen MR) is 53.7 cm³/mol. The highest BCUT2D eigenvalue weighted by atomic mass is 14.6. The van der Waals surface area contributed by atoms with E-state index in [0.29, 0.717) is 5.92 Å². The van der Waals surface area contributed by atoms with Gasteiger partial charge in [-0.05, 0) is 51.2 Å². The van der Waals surface area contributed by atoms with Crippen LogP contribution in [0.5, 0.6) is 0 Å². The first kappa shape index (κ1) is 11.9. The van der Waals surface area contributed by atoms with Crippen LogP contribution < -0.4 is 17.2 Å². The van der Waals surface area contributed by atoms with Gasteiger partial charge in [-0.25, -0.2) is 0 Å². The summed E-state index contributed by atoms with van der Waals surface area (Å²) in [6, 6.07) is 0. The normalized spacial score (nSPS) is 13.2. The van der Waals surface area contributed by atoms with Crippen molar-refractivity contribution in [2.45, 2.75) is 32.1 Å². The Kier molecular flexibility index (Phi) is 8.88. The molecule has 0 amide bonds. The van der Waals surface area contributed by atoms with Crippen LogP contribution in [-0.2, 0) is 0 Å². The van der Waals surface area contributed by atoms with Crippen LogP contribution in [0.3, 0.4) is 0 Å². The highest BCUT2D eigenvalue weighted by Crippen LogP contribution is 2.12. The second-order valence-electron chi connectivity index (χ2n) is 3.32. The molecule has 0 spiro atoms. The lowest BCUT2D eigenvalue weighted by Crippen LogP contribution is -2.16. The molecule has 0 aliphatic heterocycles. The van der Waals surface area contributed by atoms with Crippen LogP contribution in [0.4, 0.5) is 0 Å². The summed E-state index contributed by atoms with van der Waals surface area (Å²) in [5.41, 5.74) is 16.5. The minimum absolute atomic E-state index is 0.667. The van der Waals surface area contributed by atoms with Crippen LogP contribution in [-0.4, -0.2) is 19.6 Å². The molecule has 1 atom stereocenters. The fraction of sp³-hybridized carbons (Fsp3) is 1.00. The molecule has 0 aromatic rings. The molecule has 74 valence electrons. The van der Waals surface area contributed by atoms with Crippen molar-refractivity contribution in [3.8, 4) is 0 Å². The molecule has 0 unspecified atom stereocenters. The van der Waals surface area contributed by atoms with Gasteiger partial charge < -0.3 is 17.2 Å². The Hall–Kier alpha value is -0.120. The van der Waals surface area contributed by atoms with Crippen molar-refractivity contribution in [3.05, 3.63) is 0 Å². The van der Waals surface area contributed by atoms with Gasteiger partial charge in [-0.3, -0.25) is 0 Å². The SMILES string of the molecule is NCCCC[C@@H](CN)CCCN. The Morgan fingerprint density at radius 2 is 1.33 bits per heavy atom. The van der Waals surface area contributed by atoms with Gasteiger partial charge in [0.1, 0.15) is 0 Å². The van der Waals surface area contributed by atoms with E-state index in [2.05, 4.69) is 0 Å². The van der Waals surface area contributed by atoms with Crippen molar-refractivity contribution in [3.63, 3.8) is 0 Å². The second kappa shape index (κ2) is 8.97. The molecule has 0 radical (unpaired) electrons. The first-order valence-corrected chi connectivity index (χ1v) is 4.95. The molecule has 0 bridgehead atoms. The van der Waals surface area contributed by atoms with Gasteiger partial charge in [0.05, 0.1) is 0 Å². The Morgan fingerprint density at radius 1 is 0.750 bits per heavy atom. The molecule has 3 heteroatoms. The molecule has 3 nitrogen and oxygen atoms in total. The maximum atomic E-state index is 5.62. The molecule has 0 saturated carbocycles. The first-order chi connectivity index (χ1) is 5.85. The standard InChI is InChI=1S/C9H23N3/c10-6-2-1-4-9(8-12)5-3-7-11/h9H,1-8,10-12H2/t9-/m1/s1. The number of nitrogens with two attached hydrogens (primary N) is 3. The van der Waals surface area contributed by atoms with E-state index in [0.717, 1.165) is 32.5 Å². The summed E-state index contributed by atoms with van der Waals surface area (Å²) in [5, 5.41) is 0. The van der Waals surface area contributed by atoms with Gasteiger partial charge in [-0.2, -0.15) is 0 Å². The summed E-state index contributed by atoms with van der Waals surface area (Å²) in [6.45, 7) is 2.38. The summed E-state index contributed by atoms with van der Waals surface area (Å²) in [5.74, 6) is 0.667. The molecule has 0 fully saturated rings. The summed E-state index contributed by atoms with van der Waals surface area (Å²) in [7, 11) is 0. The van der Waals surface area contributed by atoms with Crippen LogP contribution in [0.15, 0.2) is 0 Å². The van der Waals surface area contributed by atoms with Gasteiger partial charge in [0, 0.05) is 0 Å². The molecule has 0 aliphatic carbocycles. The molecule has 0 heterocycles. The third-order valence-corrected chi connectivity index (χ3v) is 2.22. The maximum absolute atomic E-state index is 5.62. The van der Waals surface area contributed by atoms with E-state index < -0.39 is 0 Å². The Balaban J connectivity index is 3.26. The summed E-state index contributed by atoms with van der Waals surface area (Å²) in [4.78, 5) is 0. The van der Waals surface area contributed by atoms with E-state index in [1.807, 2.05) is 0 Å². The minimum Gasteiger partial charge on any atom is -0.330 e. The van der Waals surface area contributed by atoms with Crippen molar-refractivity contribution in [1.82, 2.24) is 0 Å². The Labute approximate surface area is 75.7 Å². The fourth-order valence-corrected chi connectivity index (χ4v) is 1.36. The summed E-state index contributed by atoms with van der Waals surface area (Å²) in [6.07, 6.45) is 5.83. The predicted octanol–water partition coefficient (Wildman–Crippen LogP) is 0.429. The van der Waals surface area contributed by atoms with Gasteiger partial charge in [0.25, 0.3) is 0 Å². The zero-order chi connectivity index (χ0) is 9.23. The van der Waals surface area contributed by atoms with E-state index >= 15 is 0 Å². The second-order valence-corrected chi connectivity index (χ2v) is 3.32. The van der Waals surface area contributed by atoms with E-state index in [-0.39, 0.29) is 0 Å². The largest absolute Gasteiger partial charge is 0.330 e. The van der Waals surface area contributed by atoms with Crippen molar-refractivity contribution >= 4 is 0 Å². The van der Waals surface area contributed by atoms with E-state index in [1.54, 1.807) is 0 Å². The van der Waals surface area contributed by atoms with Gasteiger partial charge >= 0.3 is 0 Å². The van der Waals surface area contributed by atoms with Crippen LogP contribution in [0.1, 0.15) is 32.1 Å². The lowest BCUT2D eigenvalue weighted by atomic mass is 9.97. The molecule has 0 saturated heterocycles. The quantitative estimate of drug-likeness (QED) is 0.466. The van der Waals surface area contributed by atoms with Gasteiger partial charge in [-0.1, -0.05) is 6.42 Å². The molecule has 0 rings (SSSR count). The average molecular weight is 173 g/mol. The Morgan fingerprint density at radius 3 is 1.83 bits per heavy atom. The van der Waals surface area contributed by atoms with Crippen molar-refractivity contribution in [1.29, 1.82) is 0 Å². The smallest absolute Gasteiger partial charge is 0.00489 e. The van der Waals surface area contributed by atoms with Crippen LogP contribution in [0.2, 0.25) is 0 Å². The van der Waals surface area contributed by atoms with E-state index in [1.165, 1.54) is 19.3 Å². The number of hydrogen-bond acceptors (Lipinski definition) is 3. The zero-order valence-corrected chi connectivity index (χ0v) is 7.97. The van der Waals surface area contributed by atoms with Crippen molar-refractivity contribution < 1.29 is 0 Å². The maximum Gasteiger partial charge on any atom is -0.00489 e. The number of unbranched alkanes of at least 4 members (excludes halogenated alkanes) is 1. The molecule has 12 heavy (non-hydrogen) atoms. The van der Waals surface area contributed by atoms with E-state index in [9.17, 15) is 0 Å².